The minimum absolute atomic E-state index is 0.00247. The first-order valence-corrected chi connectivity index (χ1v) is 7.09. The summed E-state index contributed by atoms with van der Waals surface area (Å²) in [6.07, 6.45) is 1.36. The van der Waals surface area contributed by atoms with E-state index in [2.05, 4.69) is 10.3 Å². The van der Waals surface area contributed by atoms with Crippen LogP contribution in [0.5, 0.6) is 0 Å². The van der Waals surface area contributed by atoms with E-state index in [1.54, 1.807) is 11.6 Å². The van der Waals surface area contributed by atoms with Crippen LogP contribution in [0.2, 0.25) is 0 Å². The van der Waals surface area contributed by atoms with Crippen LogP contribution in [0.25, 0.3) is 0 Å². The Morgan fingerprint density at radius 2 is 2.00 bits per heavy atom. The number of carboxylic acids is 1. The number of thiazole rings is 1. The summed E-state index contributed by atoms with van der Waals surface area (Å²) < 4.78 is 12.9. The molecule has 2 N–H and O–H groups in total. The Labute approximate surface area is 124 Å². The van der Waals surface area contributed by atoms with Crippen LogP contribution in [-0.2, 0) is 9.59 Å². The largest absolute Gasteiger partial charge is 0.481 e. The minimum atomic E-state index is -1.01. The third kappa shape index (κ3) is 4.64. The van der Waals surface area contributed by atoms with Gasteiger partial charge in [-0.05, 0) is 17.7 Å². The third-order valence-electron chi connectivity index (χ3n) is 2.87. The fraction of sp³-hybridized carbons (Fsp3) is 0.214. The van der Waals surface area contributed by atoms with Gasteiger partial charge in [0, 0.05) is 23.9 Å². The van der Waals surface area contributed by atoms with E-state index in [4.69, 9.17) is 5.11 Å². The van der Waals surface area contributed by atoms with Gasteiger partial charge >= 0.3 is 5.97 Å². The monoisotopic (exact) mass is 308 g/mol. The average Bonchev–Trinajstić information content (AvgIpc) is 2.91. The van der Waals surface area contributed by atoms with Gasteiger partial charge in [0.1, 0.15) is 5.82 Å². The normalized spacial score (nSPS) is 11.9. The fourth-order valence-corrected chi connectivity index (χ4v) is 2.48. The van der Waals surface area contributed by atoms with Crippen molar-refractivity contribution < 1.29 is 19.1 Å². The Bertz CT molecular complexity index is 614. The number of carbonyl (C=O) groups excluding carboxylic acids is 1. The lowest BCUT2D eigenvalue weighted by Crippen LogP contribution is -2.17. The molecule has 1 aromatic heterocycles. The summed E-state index contributed by atoms with van der Waals surface area (Å²) in [5.41, 5.74) is 0.619. The molecule has 2 aromatic rings. The number of amides is 1. The zero-order valence-electron chi connectivity index (χ0n) is 11.0. The van der Waals surface area contributed by atoms with Gasteiger partial charge in [-0.2, -0.15) is 0 Å². The molecule has 0 saturated heterocycles. The lowest BCUT2D eigenvalue weighted by atomic mass is 9.92. The Morgan fingerprint density at radius 1 is 1.29 bits per heavy atom. The van der Waals surface area contributed by atoms with Gasteiger partial charge in [0.25, 0.3) is 0 Å². The predicted octanol–water partition coefficient (Wildman–Crippen LogP) is 2.87. The van der Waals surface area contributed by atoms with E-state index >= 15 is 0 Å². The number of aromatic nitrogens is 1. The van der Waals surface area contributed by atoms with Crippen molar-refractivity contribution in [3.63, 3.8) is 0 Å². The van der Waals surface area contributed by atoms with E-state index in [1.165, 1.54) is 35.6 Å². The zero-order chi connectivity index (χ0) is 15.2. The second kappa shape index (κ2) is 6.94. The van der Waals surface area contributed by atoms with Crippen LogP contribution in [-0.4, -0.2) is 22.0 Å². The summed E-state index contributed by atoms with van der Waals surface area (Å²) in [7, 11) is 0. The molecule has 0 aliphatic rings. The van der Waals surface area contributed by atoms with E-state index in [0.29, 0.717) is 10.7 Å². The van der Waals surface area contributed by atoms with Gasteiger partial charge in [-0.3, -0.25) is 9.59 Å². The zero-order valence-corrected chi connectivity index (χ0v) is 11.8. The molecule has 1 atom stereocenters. The van der Waals surface area contributed by atoms with Crippen molar-refractivity contribution in [2.75, 3.05) is 5.32 Å². The first-order chi connectivity index (χ1) is 10.0. The Balaban J connectivity index is 2.07. The molecule has 0 fully saturated rings. The quantitative estimate of drug-likeness (QED) is 0.860. The van der Waals surface area contributed by atoms with E-state index in [9.17, 15) is 14.0 Å². The molecule has 2 rings (SSSR count). The van der Waals surface area contributed by atoms with Gasteiger partial charge in [-0.15, -0.1) is 11.3 Å². The summed E-state index contributed by atoms with van der Waals surface area (Å²) in [5.74, 6) is -2.24. The molecule has 1 aromatic carbocycles. The molecule has 21 heavy (non-hydrogen) atoms. The molecular weight excluding hydrogens is 295 g/mol. The maximum Gasteiger partial charge on any atom is 0.303 e. The van der Waals surface area contributed by atoms with Crippen LogP contribution in [0.1, 0.15) is 24.3 Å². The highest BCUT2D eigenvalue weighted by atomic mass is 32.1. The maximum absolute atomic E-state index is 12.9. The first kappa shape index (κ1) is 15.1. The van der Waals surface area contributed by atoms with Crippen LogP contribution >= 0.6 is 11.3 Å². The van der Waals surface area contributed by atoms with Crippen LogP contribution in [0, 0.1) is 5.82 Å². The SMILES string of the molecule is O=C(O)C[C@@H](CC(=O)Nc1nccs1)c1ccc(F)cc1. The second-order valence-electron chi connectivity index (χ2n) is 4.44. The summed E-state index contributed by atoms with van der Waals surface area (Å²) in [5, 5.41) is 13.8. The van der Waals surface area contributed by atoms with Crippen LogP contribution < -0.4 is 5.32 Å². The lowest BCUT2D eigenvalue weighted by molar-refractivity contribution is -0.137. The molecule has 0 saturated carbocycles. The molecule has 0 aliphatic heterocycles. The van der Waals surface area contributed by atoms with Crippen LogP contribution in [0.3, 0.4) is 0 Å². The van der Waals surface area contributed by atoms with Crippen molar-refractivity contribution in [2.24, 2.45) is 0 Å². The van der Waals surface area contributed by atoms with Crippen molar-refractivity contribution in [1.29, 1.82) is 0 Å². The topological polar surface area (TPSA) is 79.3 Å². The molecular formula is C14H13FN2O3S. The van der Waals surface area contributed by atoms with Crippen molar-refractivity contribution in [3.8, 4) is 0 Å². The number of aliphatic carboxylic acids is 1. The molecule has 0 radical (unpaired) electrons. The van der Waals surface area contributed by atoms with Crippen molar-refractivity contribution >= 4 is 28.3 Å². The third-order valence-corrected chi connectivity index (χ3v) is 3.56. The smallest absolute Gasteiger partial charge is 0.303 e. The van der Waals surface area contributed by atoms with E-state index in [0.717, 1.165) is 0 Å². The number of halogens is 1. The predicted molar refractivity (Wildman–Crippen MR) is 76.8 cm³/mol. The Kier molecular flexibility index (Phi) is 4.99. The number of hydrogen-bond donors (Lipinski definition) is 2. The first-order valence-electron chi connectivity index (χ1n) is 6.21. The highest BCUT2D eigenvalue weighted by Crippen LogP contribution is 2.25. The summed E-state index contributed by atoms with van der Waals surface area (Å²) in [4.78, 5) is 26.8. The minimum Gasteiger partial charge on any atom is -0.481 e. The van der Waals surface area contributed by atoms with E-state index in [-0.39, 0.29) is 18.7 Å². The average molecular weight is 308 g/mol. The molecule has 110 valence electrons. The number of nitrogens with zero attached hydrogens (tertiary/aromatic N) is 1. The number of carboxylic acid groups (broad SMARTS) is 1. The molecule has 0 spiro atoms. The van der Waals surface area contributed by atoms with Crippen molar-refractivity contribution in [3.05, 3.63) is 47.2 Å². The highest BCUT2D eigenvalue weighted by Gasteiger charge is 2.20. The molecule has 1 amide bonds. The molecule has 0 unspecified atom stereocenters. The Hall–Kier alpha value is -2.28. The number of benzene rings is 1. The number of anilines is 1. The molecule has 5 nitrogen and oxygen atoms in total. The van der Waals surface area contributed by atoms with Crippen molar-refractivity contribution in [2.45, 2.75) is 18.8 Å². The number of rotatable bonds is 6. The highest BCUT2D eigenvalue weighted by molar-refractivity contribution is 7.13. The molecule has 0 aliphatic carbocycles. The van der Waals surface area contributed by atoms with E-state index in [1.807, 2.05) is 0 Å². The number of nitrogens with one attached hydrogen (secondary N) is 1. The van der Waals surface area contributed by atoms with Gasteiger partial charge in [0.2, 0.25) is 5.91 Å². The van der Waals surface area contributed by atoms with Gasteiger partial charge < -0.3 is 10.4 Å². The van der Waals surface area contributed by atoms with Crippen LogP contribution in [0.4, 0.5) is 9.52 Å². The lowest BCUT2D eigenvalue weighted by Gasteiger charge is -2.14. The van der Waals surface area contributed by atoms with Gasteiger partial charge in [0.15, 0.2) is 5.13 Å². The number of hydrogen-bond acceptors (Lipinski definition) is 4. The number of carbonyl (C=O) groups is 2. The van der Waals surface area contributed by atoms with Gasteiger partial charge in [-0.1, -0.05) is 12.1 Å². The standard InChI is InChI=1S/C14H13FN2O3S/c15-11-3-1-9(2-4-11)10(8-13(19)20)7-12(18)17-14-16-5-6-21-14/h1-6,10H,7-8H2,(H,19,20)(H,16,17,18)/t10-/m1/s1. The molecule has 7 heteroatoms. The Morgan fingerprint density at radius 3 is 2.57 bits per heavy atom. The summed E-state index contributed by atoms with van der Waals surface area (Å²) in [6, 6.07) is 5.51. The fourth-order valence-electron chi connectivity index (χ4n) is 1.93. The van der Waals surface area contributed by atoms with Crippen molar-refractivity contribution in [1.82, 2.24) is 4.98 Å². The van der Waals surface area contributed by atoms with Gasteiger partial charge in [-0.25, -0.2) is 9.37 Å². The maximum atomic E-state index is 12.9. The molecule has 0 bridgehead atoms. The van der Waals surface area contributed by atoms with Gasteiger partial charge in [0.05, 0.1) is 6.42 Å². The van der Waals surface area contributed by atoms with Crippen LogP contribution in [0.15, 0.2) is 35.8 Å². The van der Waals surface area contributed by atoms with E-state index < -0.39 is 17.7 Å². The summed E-state index contributed by atoms with van der Waals surface area (Å²) in [6.45, 7) is 0. The molecule has 1 heterocycles. The second-order valence-corrected chi connectivity index (χ2v) is 5.33. The summed E-state index contributed by atoms with van der Waals surface area (Å²) >= 11 is 1.28.